The number of aromatic nitrogens is 4. The van der Waals surface area contributed by atoms with Crippen molar-refractivity contribution < 1.29 is 4.79 Å². The van der Waals surface area contributed by atoms with Crippen molar-refractivity contribution in [2.75, 3.05) is 5.32 Å². The van der Waals surface area contributed by atoms with Crippen molar-refractivity contribution in [1.29, 1.82) is 0 Å². The largest absolute Gasteiger partial charge is 0.322 e. The monoisotopic (exact) mass is 359 g/mol. The summed E-state index contributed by atoms with van der Waals surface area (Å²) in [5.74, 6) is -0.152. The van der Waals surface area contributed by atoms with Crippen molar-refractivity contribution in [3.63, 3.8) is 0 Å². The summed E-state index contributed by atoms with van der Waals surface area (Å²) in [6.07, 6.45) is 3.99. The van der Waals surface area contributed by atoms with Crippen LogP contribution in [0.5, 0.6) is 0 Å². The van der Waals surface area contributed by atoms with Crippen LogP contribution in [-0.2, 0) is 7.05 Å². The highest BCUT2D eigenvalue weighted by molar-refractivity contribution is 6.06. The number of benzene rings is 1. The number of carbonyl (C=O) groups excluding carboxylic acids is 1. The third-order valence-electron chi connectivity index (χ3n) is 4.77. The van der Waals surface area contributed by atoms with Crippen LogP contribution in [0.15, 0.2) is 48.8 Å². The van der Waals surface area contributed by atoms with E-state index in [2.05, 4.69) is 10.4 Å². The number of pyridine rings is 1. The first-order valence-corrected chi connectivity index (χ1v) is 8.80. The third kappa shape index (κ3) is 3.10. The quantitative estimate of drug-likeness (QED) is 0.603. The maximum atomic E-state index is 12.7. The minimum atomic E-state index is -0.152. The highest BCUT2D eigenvalue weighted by Crippen LogP contribution is 2.24. The number of nitrogens with zero attached hydrogens (tertiary/aromatic N) is 4. The summed E-state index contributed by atoms with van der Waals surface area (Å²) in [5.41, 5.74) is 6.80. The smallest absolute Gasteiger partial charge is 0.259 e. The van der Waals surface area contributed by atoms with Crippen molar-refractivity contribution in [1.82, 2.24) is 19.2 Å². The lowest BCUT2D eigenvalue weighted by Crippen LogP contribution is -2.14. The fraction of sp³-hybridized carbons (Fsp3) is 0.190. The fourth-order valence-corrected chi connectivity index (χ4v) is 3.27. The van der Waals surface area contributed by atoms with Gasteiger partial charge in [-0.2, -0.15) is 5.10 Å². The molecule has 0 saturated carbocycles. The molecule has 0 aliphatic rings. The van der Waals surface area contributed by atoms with Crippen molar-refractivity contribution in [3.8, 4) is 11.3 Å². The summed E-state index contributed by atoms with van der Waals surface area (Å²) < 4.78 is 3.72. The van der Waals surface area contributed by atoms with Gasteiger partial charge in [0.25, 0.3) is 5.91 Å². The van der Waals surface area contributed by atoms with Crippen LogP contribution in [-0.4, -0.2) is 25.1 Å². The molecule has 6 heteroatoms. The molecule has 0 bridgehead atoms. The Morgan fingerprint density at radius 3 is 2.67 bits per heavy atom. The molecule has 3 aromatic heterocycles. The van der Waals surface area contributed by atoms with E-state index < -0.39 is 0 Å². The van der Waals surface area contributed by atoms with Crippen LogP contribution in [0.3, 0.4) is 0 Å². The Morgan fingerprint density at radius 1 is 1.11 bits per heavy atom. The van der Waals surface area contributed by atoms with Crippen LogP contribution in [0.25, 0.3) is 16.9 Å². The SMILES string of the molecule is Cc1ccn2cc(-c3cccc(NC(=O)c4c(C)nn(C)c4C)c3)nc2c1. The van der Waals surface area contributed by atoms with Crippen LogP contribution >= 0.6 is 0 Å². The number of amides is 1. The summed E-state index contributed by atoms with van der Waals surface area (Å²) in [5, 5.41) is 7.29. The maximum absolute atomic E-state index is 12.7. The van der Waals surface area contributed by atoms with Gasteiger partial charge in [0.15, 0.2) is 0 Å². The van der Waals surface area contributed by atoms with Crippen LogP contribution in [0.4, 0.5) is 5.69 Å². The van der Waals surface area contributed by atoms with E-state index in [0.29, 0.717) is 5.56 Å². The number of carbonyl (C=O) groups is 1. The molecule has 6 nitrogen and oxygen atoms in total. The Bertz CT molecular complexity index is 1170. The van der Waals surface area contributed by atoms with E-state index in [0.717, 1.165) is 34.0 Å². The Balaban J connectivity index is 1.64. The fourth-order valence-electron chi connectivity index (χ4n) is 3.27. The number of hydrogen-bond donors (Lipinski definition) is 1. The van der Waals surface area contributed by atoms with E-state index in [-0.39, 0.29) is 5.91 Å². The van der Waals surface area contributed by atoms with Crippen LogP contribution in [0.1, 0.15) is 27.3 Å². The Hall–Kier alpha value is -3.41. The molecule has 0 radical (unpaired) electrons. The molecule has 1 aromatic carbocycles. The topological polar surface area (TPSA) is 64.2 Å². The molecule has 4 aromatic rings. The van der Waals surface area contributed by atoms with Crippen molar-refractivity contribution in [2.24, 2.45) is 7.05 Å². The normalized spacial score (nSPS) is 11.1. The number of nitrogens with one attached hydrogen (secondary N) is 1. The van der Waals surface area contributed by atoms with E-state index in [1.807, 2.05) is 81.0 Å². The lowest BCUT2D eigenvalue weighted by molar-refractivity contribution is 0.102. The average Bonchev–Trinajstić information content (AvgIpc) is 3.15. The summed E-state index contributed by atoms with van der Waals surface area (Å²) in [4.78, 5) is 17.4. The predicted molar refractivity (Wildman–Crippen MR) is 106 cm³/mol. The second-order valence-electron chi connectivity index (χ2n) is 6.80. The molecule has 0 spiro atoms. The average molecular weight is 359 g/mol. The van der Waals surface area contributed by atoms with Crippen molar-refractivity contribution in [2.45, 2.75) is 20.8 Å². The summed E-state index contributed by atoms with van der Waals surface area (Å²) in [7, 11) is 1.84. The van der Waals surface area contributed by atoms with E-state index >= 15 is 0 Å². The summed E-state index contributed by atoms with van der Waals surface area (Å²) in [6, 6.07) is 11.8. The van der Waals surface area contributed by atoms with Crippen LogP contribution in [0, 0.1) is 20.8 Å². The van der Waals surface area contributed by atoms with Crippen molar-refractivity contribution >= 4 is 17.2 Å². The molecule has 0 unspecified atom stereocenters. The lowest BCUT2D eigenvalue weighted by Gasteiger charge is -2.07. The molecular weight excluding hydrogens is 338 g/mol. The Labute approximate surface area is 157 Å². The molecule has 0 atom stereocenters. The molecule has 0 fully saturated rings. The minimum absolute atomic E-state index is 0.152. The summed E-state index contributed by atoms with van der Waals surface area (Å²) >= 11 is 0. The van der Waals surface area contributed by atoms with Gasteiger partial charge in [0.05, 0.1) is 17.0 Å². The van der Waals surface area contributed by atoms with E-state index in [1.165, 1.54) is 5.56 Å². The molecular formula is C21H21N5O. The van der Waals surface area contributed by atoms with Gasteiger partial charge in [-0.1, -0.05) is 12.1 Å². The van der Waals surface area contributed by atoms with Gasteiger partial charge >= 0.3 is 0 Å². The highest BCUT2D eigenvalue weighted by atomic mass is 16.1. The number of aryl methyl sites for hydroxylation is 3. The second kappa shape index (κ2) is 6.39. The first-order chi connectivity index (χ1) is 12.9. The Morgan fingerprint density at radius 2 is 1.93 bits per heavy atom. The van der Waals surface area contributed by atoms with E-state index in [9.17, 15) is 4.79 Å². The molecule has 0 saturated heterocycles. The highest BCUT2D eigenvalue weighted by Gasteiger charge is 2.17. The zero-order valence-corrected chi connectivity index (χ0v) is 15.8. The molecule has 1 N–H and O–H groups in total. The third-order valence-corrected chi connectivity index (χ3v) is 4.77. The van der Waals surface area contributed by atoms with E-state index in [4.69, 9.17) is 4.98 Å². The van der Waals surface area contributed by atoms with Crippen LogP contribution in [0.2, 0.25) is 0 Å². The molecule has 1 amide bonds. The van der Waals surface area contributed by atoms with Crippen molar-refractivity contribution in [3.05, 3.63) is 71.3 Å². The number of fused-ring (bicyclic) bond motifs is 1. The second-order valence-corrected chi connectivity index (χ2v) is 6.80. The Kier molecular flexibility index (Phi) is 4.03. The number of imidazole rings is 1. The number of anilines is 1. The minimum Gasteiger partial charge on any atom is -0.322 e. The zero-order valence-electron chi connectivity index (χ0n) is 15.8. The van der Waals surface area contributed by atoms with Gasteiger partial charge in [0.2, 0.25) is 0 Å². The van der Waals surface area contributed by atoms with Gasteiger partial charge in [-0.05, 0) is 50.6 Å². The number of rotatable bonds is 3. The zero-order chi connectivity index (χ0) is 19.1. The first kappa shape index (κ1) is 17.0. The van der Waals surface area contributed by atoms with Gasteiger partial charge in [0.1, 0.15) is 5.65 Å². The van der Waals surface area contributed by atoms with E-state index in [1.54, 1.807) is 4.68 Å². The van der Waals surface area contributed by atoms with Gasteiger partial charge in [-0.25, -0.2) is 4.98 Å². The van der Waals surface area contributed by atoms with Gasteiger partial charge in [0, 0.05) is 36.4 Å². The van der Waals surface area contributed by atoms with Crippen LogP contribution < -0.4 is 5.32 Å². The van der Waals surface area contributed by atoms with Gasteiger partial charge < -0.3 is 9.72 Å². The first-order valence-electron chi connectivity index (χ1n) is 8.80. The molecule has 4 rings (SSSR count). The standard InChI is InChI=1S/C21H21N5O/c1-13-8-9-26-12-18(23-19(26)10-13)16-6-5-7-17(11-16)22-21(27)20-14(2)24-25(4)15(20)3/h5-12H,1-4H3,(H,22,27). The maximum Gasteiger partial charge on any atom is 0.259 e. The summed E-state index contributed by atoms with van der Waals surface area (Å²) in [6.45, 7) is 5.79. The molecule has 0 aliphatic carbocycles. The van der Waals surface area contributed by atoms with Gasteiger partial charge in [-0.15, -0.1) is 0 Å². The lowest BCUT2D eigenvalue weighted by atomic mass is 10.1. The molecule has 0 aliphatic heterocycles. The molecule has 136 valence electrons. The number of hydrogen-bond acceptors (Lipinski definition) is 3. The predicted octanol–water partition coefficient (Wildman–Crippen LogP) is 3.91. The van der Waals surface area contributed by atoms with Gasteiger partial charge in [-0.3, -0.25) is 9.48 Å². The molecule has 3 heterocycles. The molecule has 27 heavy (non-hydrogen) atoms.